The lowest BCUT2D eigenvalue weighted by Gasteiger charge is -2.15. The molecule has 5 nitrogen and oxygen atoms in total. The van der Waals surface area contributed by atoms with E-state index in [9.17, 15) is 22.8 Å². The number of hydrogen-bond acceptors (Lipinski definition) is 3. The average molecular weight is 373 g/mol. The third kappa shape index (κ3) is 4.87. The first-order chi connectivity index (χ1) is 11.7. The molecule has 0 aliphatic heterocycles. The highest BCUT2D eigenvalue weighted by molar-refractivity contribution is 6.30. The van der Waals surface area contributed by atoms with E-state index in [1.54, 1.807) is 12.1 Å². The Morgan fingerprint density at radius 1 is 1.16 bits per heavy atom. The van der Waals surface area contributed by atoms with Crippen molar-refractivity contribution in [3.05, 3.63) is 58.6 Å². The summed E-state index contributed by atoms with van der Waals surface area (Å²) in [6, 6.07) is 8.89. The number of primary amides is 1. The van der Waals surface area contributed by atoms with Gasteiger partial charge in [-0.05, 0) is 30.3 Å². The van der Waals surface area contributed by atoms with E-state index in [-0.39, 0.29) is 16.3 Å². The van der Waals surface area contributed by atoms with Crippen LogP contribution in [-0.2, 0) is 11.0 Å². The minimum Gasteiger partial charge on any atom is -0.483 e. The van der Waals surface area contributed by atoms with Crippen LogP contribution in [0, 0.1) is 0 Å². The van der Waals surface area contributed by atoms with Gasteiger partial charge in [0.1, 0.15) is 5.75 Å². The van der Waals surface area contributed by atoms with Crippen LogP contribution < -0.4 is 15.8 Å². The fourth-order valence-electron chi connectivity index (χ4n) is 1.99. The Hall–Kier alpha value is -2.74. The van der Waals surface area contributed by atoms with Crippen molar-refractivity contribution < 1.29 is 27.5 Å². The van der Waals surface area contributed by atoms with Crippen LogP contribution in [-0.4, -0.2) is 18.4 Å². The summed E-state index contributed by atoms with van der Waals surface area (Å²) in [5, 5.41) is 1.99. The number of carbonyl (C=O) groups is 2. The molecule has 0 bridgehead atoms. The smallest absolute Gasteiger partial charge is 0.418 e. The van der Waals surface area contributed by atoms with Gasteiger partial charge in [0.2, 0.25) is 0 Å². The van der Waals surface area contributed by atoms with Gasteiger partial charge in [0.25, 0.3) is 11.8 Å². The number of hydrogen-bond donors (Lipinski definition) is 2. The second-order valence-corrected chi connectivity index (χ2v) is 5.32. The number of rotatable bonds is 5. The summed E-state index contributed by atoms with van der Waals surface area (Å²) in [6.07, 6.45) is -4.69. The molecule has 0 spiro atoms. The molecule has 2 aromatic rings. The van der Waals surface area contributed by atoms with E-state index in [4.69, 9.17) is 22.1 Å². The van der Waals surface area contributed by atoms with Crippen LogP contribution >= 0.6 is 11.6 Å². The number of anilines is 1. The van der Waals surface area contributed by atoms with Gasteiger partial charge in [-0.25, -0.2) is 0 Å². The molecule has 0 saturated carbocycles. The van der Waals surface area contributed by atoms with Gasteiger partial charge in [-0.2, -0.15) is 13.2 Å². The molecule has 0 aliphatic rings. The van der Waals surface area contributed by atoms with Crippen molar-refractivity contribution in [3.63, 3.8) is 0 Å². The van der Waals surface area contributed by atoms with Crippen molar-refractivity contribution in [1.29, 1.82) is 0 Å². The monoisotopic (exact) mass is 372 g/mol. The molecule has 0 saturated heterocycles. The van der Waals surface area contributed by atoms with Crippen LogP contribution in [0.4, 0.5) is 18.9 Å². The second-order valence-electron chi connectivity index (χ2n) is 4.88. The topological polar surface area (TPSA) is 81.4 Å². The summed E-state index contributed by atoms with van der Waals surface area (Å²) in [4.78, 5) is 23.1. The number of amides is 2. The molecule has 0 unspecified atom stereocenters. The number of ether oxygens (including phenoxy) is 1. The Morgan fingerprint density at radius 3 is 2.48 bits per heavy atom. The maximum atomic E-state index is 13.0. The number of benzene rings is 2. The van der Waals surface area contributed by atoms with Gasteiger partial charge in [0.05, 0.1) is 16.8 Å². The highest BCUT2D eigenvalue weighted by atomic mass is 35.5. The molecule has 2 aromatic carbocycles. The normalized spacial score (nSPS) is 11.0. The van der Waals surface area contributed by atoms with Gasteiger partial charge in [0, 0.05) is 5.02 Å². The third-order valence-corrected chi connectivity index (χ3v) is 3.31. The molecule has 0 heterocycles. The summed E-state index contributed by atoms with van der Waals surface area (Å²) >= 11 is 5.57. The van der Waals surface area contributed by atoms with Crippen molar-refractivity contribution in [2.45, 2.75) is 6.18 Å². The van der Waals surface area contributed by atoms with E-state index in [1.165, 1.54) is 18.2 Å². The summed E-state index contributed by atoms with van der Waals surface area (Å²) in [7, 11) is 0. The van der Waals surface area contributed by atoms with Crippen molar-refractivity contribution in [2.24, 2.45) is 5.73 Å². The Morgan fingerprint density at radius 2 is 1.84 bits per heavy atom. The number of nitrogens with one attached hydrogen (secondary N) is 1. The largest absolute Gasteiger partial charge is 0.483 e. The highest BCUT2D eigenvalue weighted by Gasteiger charge is 2.34. The van der Waals surface area contributed by atoms with E-state index in [0.717, 1.165) is 6.07 Å². The van der Waals surface area contributed by atoms with Crippen LogP contribution in [0.15, 0.2) is 42.5 Å². The number of halogens is 4. The number of para-hydroxylation sites is 1. The van der Waals surface area contributed by atoms with Crippen molar-refractivity contribution in [2.75, 3.05) is 11.9 Å². The lowest BCUT2D eigenvalue weighted by atomic mass is 10.1. The molecule has 2 rings (SSSR count). The molecule has 25 heavy (non-hydrogen) atoms. The average Bonchev–Trinajstić information content (AvgIpc) is 2.54. The summed E-state index contributed by atoms with van der Waals surface area (Å²) in [5.41, 5.74) is 3.69. The molecule has 132 valence electrons. The maximum Gasteiger partial charge on any atom is 0.418 e. The SMILES string of the molecule is NC(=O)c1ccccc1OCC(=O)Nc1ccc(Cl)cc1C(F)(F)F. The van der Waals surface area contributed by atoms with Gasteiger partial charge >= 0.3 is 6.18 Å². The molecular weight excluding hydrogens is 361 g/mol. The third-order valence-electron chi connectivity index (χ3n) is 3.07. The van der Waals surface area contributed by atoms with E-state index in [1.807, 2.05) is 0 Å². The molecule has 0 aliphatic carbocycles. The fourth-order valence-corrected chi connectivity index (χ4v) is 2.16. The van der Waals surface area contributed by atoms with E-state index < -0.39 is 35.8 Å². The van der Waals surface area contributed by atoms with Crippen LogP contribution in [0.2, 0.25) is 5.02 Å². The zero-order chi connectivity index (χ0) is 18.6. The molecular formula is C16H12ClF3N2O3. The molecule has 9 heteroatoms. The van der Waals surface area contributed by atoms with Crippen LogP contribution in [0.1, 0.15) is 15.9 Å². The summed E-state index contributed by atoms with van der Waals surface area (Å²) in [5.74, 6) is -1.54. The highest BCUT2D eigenvalue weighted by Crippen LogP contribution is 2.36. The Labute approximate surface area is 145 Å². The standard InChI is InChI=1S/C16H12ClF3N2O3/c17-9-5-6-12(11(7-9)16(18,19)20)22-14(23)8-25-13-4-2-1-3-10(13)15(21)24/h1-7H,8H2,(H2,21,24)(H,22,23). The molecule has 0 fully saturated rings. The maximum absolute atomic E-state index is 13.0. The first-order valence-electron chi connectivity index (χ1n) is 6.86. The predicted molar refractivity (Wildman–Crippen MR) is 85.5 cm³/mol. The first-order valence-corrected chi connectivity index (χ1v) is 7.24. The van der Waals surface area contributed by atoms with Gasteiger partial charge < -0.3 is 15.8 Å². The predicted octanol–water partition coefficient (Wildman–Crippen LogP) is 3.48. The first kappa shape index (κ1) is 18.6. The zero-order valence-electron chi connectivity index (χ0n) is 12.6. The Balaban J connectivity index is 2.11. The van der Waals surface area contributed by atoms with Gasteiger partial charge in [-0.15, -0.1) is 0 Å². The van der Waals surface area contributed by atoms with Gasteiger partial charge in [-0.1, -0.05) is 23.7 Å². The quantitative estimate of drug-likeness (QED) is 0.843. The van der Waals surface area contributed by atoms with E-state index in [0.29, 0.717) is 6.07 Å². The molecule has 0 aromatic heterocycles. The number of carbonyl (C=O) groups excluding carboxylic acids is 2. The van der Waals surface area contributed by atoms with Gasteiger partial charge in [0.15, 0.2) is 6.61 Å². The lowest BCUT2D eigenvalue weighted by Crippen LogP contribution is -2.23. The fraction of sp³-hybridized carbons (Fsp3) is 0.125. The Bertz CT molecular complexity index is 809. The molecule has 3 N–H and O–H groups in total. The summed E-state index contributed by atoms with van der Waals surface area (Å²) < 4.78 is 44.1. The lowest BCUT2D eigenvalue weighted by molar-refractivity contribution is -0.137. The van der Waals surface area contributed by atoms with Gasteiger partial charge in [-0.3, -0.25) is 9.59 Å². The van der Waals surface area contributed by atoms with Crippen LogP contribution in [0.25, 0.3) is 0 Å². The van der Waals surface area contributed by atoms with Crippen molar-refractivity contribution in [3.8, 4) is 5.75 Å². The minimum atomic E-state index is -4.69. The zero-order valence-corrected chi connectivity index (χ0v) is 13.3. The van der Waals surface area contributed by atoms with Crippen LogP contribution in [0.3, 0.4) is 0 Å². The van der Waals surface area contributed by atoms with Crippen molar-refractivity contribution >= 4 is 29.1 Å². The minimum absolute atomic E-state index is 0.0531. The number of alkyl halides is 3. The van der Waals surface area contributed by atoms with Crippen molar-refractivity contribution in [1.82, 2.24) is 0 Å². The number of nitrogens with two attached hydrogens (primary N) is 1. The molecule has 0 atom stereocenters. The van der Waals surface area contributed by atoms with E-state index >= 15 is 0 Å². The molecule has 2 amide bonds. The second kappa shape index (κ2) is 7.43. The van der Waals surface area contributed by atoms with E-state index in [2.05, 4.69) is 5.32 Å². The Kier molecular flexibility index (Phi) is 5.53. The molecule has 0 radical (unpaired) electrons. The van der Waals surface area contributed by atoms with Crippen LogP contribution in [0.5, 0.6) is 5.75 Å². The summed E-state index contributed by atoms with van der Waals surface area (Å²) in [6.45, 7) is -0.607.